The van der Waals surface area contributed by atoms with Crippen molar-refractivity contribution < 1.29 is 9.32 Å². The van der Waals surface area contributed by atoms with E-state index in [4.69, 9.17) is 4.52 Å². The molecule has 1 fully saturated rings. The molecule has 23 heavy (non-hydrogen) atoms. The first-order chi connectivity index (χ1) is 11.1. The van der Waals surface area contributed by atoms with Crippen molar-refractivity contribution in [3.63, 3.8) is 0 Å². The second kappa shape index (κ2) is 6.84. The Labute approximate surface area is 140 Å². The van der Waals surface area contributed by atoms with Gasteiger partial charge in [0.1, 0.15) is 5.76 Å². The molecular formula is C17H23N3O2S. The third-order valence-corrected chi connectivity index (χ3v) is 5.50. The summed E-state index contributed by atoms with van der Waals surface area (Å²) in [5, 5.41) is 6.02. The Bertz CT molecular complexity index is 672. The molecule has 0 saturated carbocycles. The van der Waals surface area contributed by atoms with Crippen molar-refractivity contribution in [3.05, 3.63) is 38.9 Å². The molecule has 1 aliphatic rings. The molecule has 0 spiro atoms. The Hall–Kier alpha value is -1.66. The zero-order chi connectivity index (χ0) is 16.4. The molecule has 2 aromatic rings. The van der Waals surface area contributed by atoms with Crippen LogP contribution >= 0.6 is 11.3 Å². The van der Waals surface area contributed by atoms with Crippen LogP contribution in [-0.4, -0.2) is 47.0 Å². The van der Waals surface area contributed by atoms with E-state index in [0.717, 1.165) is 61.0 Å². The molecule has 5 nitrogen and oxygen atoms in total. The van der Waals surface area contributed by atoms with Crippen LogP contribution < -0.4 is 0 Å². The number of thiophene rings is 1. The minimum absolute atomic E-state index is 0.177. The average molecular weight is 333 g/mol. The molecule has 1 amide bonds. The summed E-state index contributed by atoms with van der Waals surface area (Å²) in [5.41, 5.74) is 3.23. The van der Waals surface area contributed by atoms with Gasteiger partial charge in [0.25, 0.3) is 5.91 Å². The average Bonchev–Trinajstić information content (AvgIpc) is 2.99. The summed E-state index contributed by atoms with van der Waals surface area (Å²) in [7, 11) is 0. The van der Waals surface area contributed by atoms with Gasteiger partial charge in [0.15, 0.2) is 0 Å². The van der Waals surface area contributed by atoms with E-state index in [1.54, 1.807) is 11.3 Å². The third-order valence-electron chi connectivity index (χ3n) is 4.50. The first-order valence-electron chi connectivity index (χ1n) is 8.03. The topological polar surface area (TPSA) is 49.6 Å². The van der Waals surface area contributed by atoms with Gasteiger partial charge >= 0.3 is 0 Å². The van der Waals surface area contributed by atoms with Crippen molar-refractivity contribution in [1.82, 2.24) is 15.0 Å². The van der Waals surface area contributed by atoms with Crippen LogP contribution in [0.4, 0.5) is 0 Å². The molecular weight excluding hydrogens is 310 g/mol. The number of aromatic nitrogens is 1. The maximum atomic E-state index is 12.7. The molecule has 0 radical (unpaired) electrons. The van der Waals surface area contributed by atoms with Gasteiger partial charge in [0.05, 0.1) is 10.6 Å². The molecule has 0 aliphatic carbocycles. The third kappa shape index (κ3) is 3.48. The van der Waals surface area contributed by atoms with Gasteiger partial charge in [0, 0.05) is 38.3 Å². The number of carbonyl (C=O) groups excluding carboxylic acids is 1. The van der Waals surface area contributed by atoms with Crippen LogP contribution in [0.3, 0.4) is 0 Å². The molecule has 0 bridgehead atoms. The van der Waals surface area contributed by atoms with E-state index in [-0.39, 0.29) is 5.91 Å². The fraction of sp³-hybridized carbons (Fsp3) is 0.529. The van der Waals surface area contributed by atoms with Gasteiger partial charge in [-0.2, -0.15) is 0 Å². The quantitative estimate of drug-likeness (QED) is 0.866. The Morgan fingerprint density at radius 2 is 2.09 bits per heavy atom. The minimum atomic E-state index is 0.177. The molecule has 6 heteroatoms. The summed E-state index contributed by atoms with van der Waals surface area (Å²) in [6.07, 6.45) is 1.000. The minimum Gasteiger partial charge on any atom is -0.361 e. The monoisotopic (exact) mass is 333 g/mol. The number of hydrogen-bond acceptors (Lipinski definition) is 5. The first-order valence-corrected chi connectivity index (χ1v) is 8.91. The number of aryl methyl sites for hydroxylation is 3. The van der Waals surface area contributed by atoms with E-state index < -0.39 is 0 Å². The Balaban J connectivity index is 1.63. The highest BCUT2D eigenvalue weighted by atomic mass is 32.1. The lowest BCUT2D eigenvalue weighted by molar-refractivity contribution is 0.0765. The summed E-state index contributed by atoms with van der Waals surface area (Å²) in [6, 6.07) is 2.01. The summed E-state index contributed by atoms with van der Waals surface area (Å²) >= 11 is 1.54. The summed E-state index contributed by atoms with van der Waals surface area (Å²) < 4.78 is 5.25. The molecule has 2 aromatic heterocycles. The van der Waals surface area contributed by atoms with E-state index in [1.807, 2.05) is 37.1 Å². The Morgan fingerprint density at radius 1 is 1.26 bits per heavy atom. The van der Waals surface area contributed by atoms with Gasteiger partial charge in [-0.05, 0) is 44.2 Å². The van der Waals surface area contributed by atoms with Crippen molar-refractivity contribution in [2.45, 2.75) is 33.7 Å². The van der Waals surface area contributed by atoms with E-state index >= 15 is 0 Å². The number of carbonyl (C=O) groups is 1. The number of rotatable bonds is 3. The van der Waals surface area contributed by atoms with Gasteiger partial charge < -0.3 is 9.42 Å². The van der Waals surface area contributed by atoms with E-state index in [9.17, 15) is 4.79 Å². The largest absolute Gasteiger partial charge is 0.361 e. The highest BCUT2D eigenvalue weighted by molar-refractivity contribution is 7.12. The fourth-order valence-electron chi connectivity index (χ4n) is 3.02. The zero-order valence-electron chi connectivity index (χ0n) is 14.0. The molecule has 1 saturated heterocycles. The number of nitrogens with zero attached hydrogens (tertiary/aromatic N) is 3. The standard InChI is InChI=1S/C17H23N3O2S/c1-12-5-10-23-16(12)17(21)20-7-4-6-19(8-9-20)11-15-13(2)18-22-14(15)3/h5,10H,4,6-9,11H2,1-3H3. The molecule has 3 heterocycles. The van der Waals surface area contributed by atoms with Crippen LogP contribution in [0, 0.1) is 20.8 Å². The molecule has 0 atom stereocenters. The van der Waals surface area contributed by atoms with Crippen LogP contribution in [0.2, 0.25) is 0 Å². The van der Waals surface area contributed by atoms with E-state index in [0.29, 0.717) is 0 Å². The highest BCUT2D eigenvalue weighted by Crippen LogP contribution is 2.20. The molecule has 3 rings (SSSR count). The molecule has 124 valence electrons. The Kier molecular flexibility index (Phi) is 4.82. The van der Waals surface area contributed by atoms with Crippen molar-refractivity contribution in [3.8, 4) is 0 Å². The van der Waals surface area contributed by atoms with Crippen LogP contribution in [-0.2, 0) is 6.54 Å². The molecule has 1 aliphatic heterocycles. The summed E-state index contributed by atoms with van der Waals surface area (Å²) in [4.78, 5) is 17.9. The van der Waals surface area contributed by atoms with Crippen molar-refractivity contribution in [2.24, 2.45) is 0 Å². The van der Waals surface area contributed by atoms with Gasteiger partial charge in [-0.1, -0.05) is 5.16 Å². The smallest absolute Gasteiger partial charge is 0.264 e. The summed E-state index contributed by atoms with van der Waals surface area (Å²) in [5.74, 6) is 1.07. The first kappa shape index (κ1) is 16.2. The predicted octanol–water partition coefficient (Wildman–Crippen LogP) is 3.01. The van der Waals surface area contributed by atoms with Gasteiger partial charge in [-0.3, -0.25) is 9.69 Å². The maximum absolute atomic E-state index is 12.7. The van der Waals surface area contributed by atoms with Crippen molar-refractivity contribution in [1.29, 1.82) is 0 Å². The lowest BCUT2D eigenvalue weighted by Crippen LogP contribution is -2.35. The number of amides is 1. The zero-order valence-corrected chi connectivity index (χ0v) is 14.8. The van der Waals surface area contributed by atoms with Crippen molar-refractivity contribution in [2.75, 3.05) is 26.2 Å². The molecule has 0 aromatic carbocycles. The predicted molar refractivity (Wildman–Crippen MR) is 90.8 cm³/mol. The highest BCUT2D eigenvalue weighted by Gasteiger charge is 2.23. The Morgan fingerprint density at radius 3 is 2.74 bits per heavy atom. The molecule has 0 unspecified atom stereocenters. The van der Waals surface area contributed by atoms with Crippen LogP contribution in [0.25, 0.3) is 0 Å². The lowest BCUT2D eigenvalue weighted by atomic mass is 10.2. The second-order valence-corrected chi connectivity index (χ2v) is 7.07. The van der Waals surface area contributed by atoms with Crippen molar-refractivity contribution >= 4 is 17.2 Å². The van der Waals surface area contributed by atoms with Gasteiger partial charge in [-0.15, -0.1) is 11.3 Å². The van der Waals surface area contributed by atoms with Crippen LogP contribution in [0.1, 0.15) is 38.7 Å². The normalized spacial score (nSPS) is 16.6. The second-order valence-electron chi connectivity index (χ2n) is 6.16. The van der Waals surface area contributed by atoms with E-state index in [1.165, 1.54) is 5.56 Å². The van der Waals surface area contributed by atoms with Gasteiger partial charge in [-0.25, -0.2) is 0 Å². The number of hydrogen-bond donors (Lipinski definition) is 0. The lowest BCUT2D eigenvalue weighted by Gasteiger charge is -2.21. The van der Waals surface area contributed by atoms with E-state index in [2.05, 4.69) is 10.1 Å². The summed E-state index contributed by atoms with van der Waals surface area (Å²) in [6.45, 7) is 10.3. The van der Waals surface area contributed by atoms with Crippen LogP contribution in [0.5, 0.6) is 0 Å². The van der Waals surface area contributed by atoms with Crippen LogP contribution in [0.15, 0.2) is 16.0 Å². The molecule has 0 N–H and O–H groups in total. The SMILES string of the molecule is Cc1ccsc1C(=O)N1CCCN(Cc2c(C)noc2C)CC1. The fourth-order valence-corrected chi connectivity index (χ4v) is 3.91. The van der Waals surface area contributed by atoms with Gasteiger partial charge in [0.2, 0.25) is 0 Å². The maximum Gasteiger partial charge on any atom is 0.264 e.